The molecule has 0 spiro atoms. The average Bonchev–Trinajstić information content (AvgIpc) is 3.09. The van der Waals surface area contributed by atoms with Crippen LogP contribution < -0.4 is 4.74 Å². The Labute approximate surface area is 90.9 Å². The number of rotatable bonds is 5. The van der Waals surface area contributed by atoms with E-state index in [0.29, 0.717) is 5.92 Å². The largest absolute Gasteiger partial charge is 0.493 e. The second-order valence-corrected chi connectivity index (χ2v) is 4.11. The van der Waals surface area contributed by atoms with Crippen LogP contribution in [0.15, 0.2) is 18.2 Å². The standard InChI is InChI=1S/C13H18O2/c1-2-8-15-12-5-3-4-11(9-14)13(12)10-6-7-10/h3-5,10,14H,2,6-9H2,1H3. The van der Waals surface area contributed by atoms with Crippen LogP contribution in [0.4, 0.5) is 0 Å². The Morgan fingerprint density at radius 2 is 2.20 bits per heavy atom. The first-order valence-corrected chi connectivity index (χ1v) is 5.72. The molecule has 1 aromatic carbocycles. The molecule has 0 bridgehead atoms. The number of hydrogen-bond acceptors (Lipinski definition) is 2. The summed E-state index contributed by atoms with van der Waals surface area (Å²) in [6, 6.07) is 5.97. The van der Waals surface area contributed by atoms with Crippen molar-refractivity contribution in [2.24, 2.45) is 0 Å². The van der Waals surface area contributed by atoms with E-state index in [1.54, 1.807) is 0 Å². The quantitative estimate of drug-likeness (QED) is 0.802. The van der Waals surface area contributed by atoms with Gasteiger partial charge in [0.15, 0.2) is 0 Å². The highest BCUT2D eigenvalue weighted by atomic mass is 16.5. The van der Waals surface area contributed by atoms with E-state index in [0.717, 1.165) is 24.3 Å². The van der Waals surface area contributed by atoms with Gasteiger partial charge in [-0.15, -0.1) is 0 Å². The monoisotopic (exact) mass is 206 g/mol. The molecule has 0 amide bonds. The fourth-order valence-corrected chi connectivity index (χ4v) is 1.90. The summed E-state index contributed by atoms with van der Waals surface area (Å²) < 4.78 is 5.72. The van der Waals surface area contributed by atoms with E-state index in [9.17, 15) is 5.11 Å². The molecule has 0 radical (unpaired) electrons. The minimum atomic E-state index is 0.120. The SMILES string of the molecule is CCCOc1cccc(CO)c1C1CC1. The van der Waals surface area contributed by atoms with Gasteiger partial charge < -0.3 is 9.84 Å². The predicted molar refractivity (Wildman–Crippen MR) is 60.1 cm³/mol. The molecule has 1 aliphatic carbocycles. The molecular weight excluding hydrogens is 188 g/mol. The lowest BCUT2D eigenvalue weighted by Crippen LogP contribution is -2.01. The molecule has 0 unspecified atom stereocenters. The summed E-state index contributed by atoms with van der Waals surface area (Å²) in [4.78, 5) is 0. The smallest absolute Gasteiger partial charge is 0.123 e. The van der Waals surface area contributed by atoms with E-state index in [-0.39, 0.29) is 6.61 Å². The predicted octanol–water partition coefficient (Wildman–Crippen LogP) is 2.85. The van der Waals surface area contributed by atoms with Crippen LogP contribution in [0.3, 0.4) is 0 Å². The first kappa shape index (κ1) is 10.5. The summed E-state index contributed by atoms with van der Waals surface area (Å²) in [5.41, 5.74) is 2.28. The van der Waals surface area contributed by atoms with Crippen molar-refractivity contribution in [3.8, 4) is 5.75 Å². The molecule has 1 N–H and O–H groups in total. The normalized spacial score (nSPS) is 15.3. The lowest BCUT2D eigenvalue weighted by molar-refractivity contribution is 0.276. The van der Waals surface area contributed by atoms with Crippen molar-refractivity contribution in [1.82, 2.24) is 0 Å². The Morgan fingerprint density at radius 1 is 1.40 bits per heavy atom. The molecule has 0 aromatic heterocycles. The summed E-state index contributed by atoms with van der Waals surface area (Å²) >= 11 is 0. The molecule has 1 aromatic rings. The van der Waals surface area contributed by atoms with Gasteiger partial charge in [0.1, 0.15) is 5.75 Å². The maximum atomic E-state index is 9.29. The molecule has 82 valence electrons. The molecule has 2 rings (SSSR count). The van der Waals surface area contributed by atoms with Crippen molar-refractivity contribution in [2.45, 2.75) is 38.7 Å². The number of hydrogen-bond donors (Lipinski definition) is 1. The van der Waals surface area contributed by atoms with Crippen LogP contribution in [0.2, 0.25) is 0 Å². The zero-order chi connectivity index (χ0) is 10.7. The zero-order valence-corrected chi connectivity index (χ0v) is 9.20. The van der Waals surface area contributed by atoms with Crippen molar-refractivity contribution in [2.75, 3.05) is 6.61 Å². The van der Waals surface area contributed by atoms with Gasteiger partial charge in [0, 0.05) is 5.56 Å². The molecule has 15 heavy (non-hydrogen) atoms. The van der Waals surface area contributed by atoms with Crippen LogP contribution >= 0.6 is 0 Å². The second kappa shape index (κ2) is 4.67. The number of benzene rings is 1. The van der Waals surface area contributed by atoms with Crippen LogP contribution in [0.5, 0.6) is 5.75 Å². The minimum Gasteiger partial charge on any atom is -0.493 e. The lowest BCUT2D eigenvalue weighted by atomic mass is 10.0. The Kier molecular flexibility index (Phi) is 3.27. The summed E-state index contributed by atoms with van der Waals surface area (Å²) in [7, 11) is 0. The van der Waals surface area contributed by atoms with E-state index in [4.69, 9.17) is 4.74 Å². The highest BCUT2D eigenvalue weighted by Crippen LogP contribution is 2.46. The van der Waals surface area contributed by atoms with Crippen LogP contribution in [0.1, 0.15) is 43.2 Å². The summed E-state index contributed by atoms with van der Waals surface area (Å²) in [6.07, 6.45) is 3.49. The van der Waals surface area contributed by atoms with Crippen molar-refractivity contribution < 1.29 is 9.84 Å². The van der Waals surface area contributed by atoms with Crippen molar-refractivity contribution in [3.63, 3.8) is 0 Å². The molecule has 2 nitrogen and oxygen atoms in total. The average molecular weight is 206 g/mol. The van der Waals surface area contributed by atoms with E-state index in [2.05, 4.69) is 6.92 Å². The zero-order valence-electron chi connectivity index (χ0n) is 9.20. The summed E-state index contributed by atoms with van der Waals surface area (Å²) in [5.74, 6) is 1.60. The third-order valence-corrected chi connectivity index (χ3v) is 2.77. The van der Waals surface area contributed by atoms with Gasteiger partial charge in [-0.1, -0.05) is 19.1 Å². The highest BCUT2D eigenvalue weighted by molar-refractivity contribution is 5.44. The lowest BCUT2D eigenvalue weighted by Gasteiger charge is -2.13. The second-order valence-electron chi connectivity index (χ2n) is 4.11. The molecule has 0 heterocycles. The Hall–Kier alpha value is -1.02. The van der Waals surface area contributed by atoms with Gasteiger partial charge in [-0.05, 0) is 36.8 Å². The number of aliphatic hydroxyl groups is 1. The molecule has 0 saturated heterocycles. The topological polar surface area (TPSA) is 29.5 Å². The Morgan fingerprint density at radius 3 is 2.80 bits per heavy atom. The van der Waals surface area contributed by atoms with E-state index < -0.39 is 0 Å². The van der Waals surface area contributed by atoms with Crippen LogP contribution in [0, 0.1) is 0 Å². The third-order valence-electron chi connectivity index (χ3n) is 2.77. The fourth-order valence-electron chi connectivity index (χ4n) is 1.90. The van der Waals surface area contributed by atoms with Gasteiger partial charge in [0.2, 0.25) is 0 Å². The van der Waals surface area contributed by atoms with Gasteiger partial charge in [-0.2, -0.15) is 0 Å². The minimum absolute atomic E-state index is 0.120. The number of aliphatic hydroxyl groups excluding tert-OH is 1. The highest BCUT2D eigenvalue weighted by Gasteiger charge is 2.28. The maximum absolute atomic E-state index is 9.29. The van der Waals surface area contributed by atoms with E-state index in [1.807, 2.05) is 18.2 Å². The van der Waals surface area contributed by atoms with Gasteiger partial charge in [0.05, 0.1) is 13.2 Å². The van der Waals surface area contributed by atoms with Gasteiger partial charge in [-0.25, -0.2) is 0 Å². The van der Waals surface area contributed by atoms with Gasteiger partial charge in [0.25, 0.3) is 0 Å². The summed E-state index contributed by atoms with van der Waals surface area (Å²) in [5, 5.41) is 9.29. The van der Waals surface area contributed by atoms with Crippen LogP contribution in [-0.2, 0) is 6.61 Å². The van der Waals surface area contributed by atoms with Gasteiger partial charge in [-0.3, -0.25) is 0 Å². The molecular formula is C13H18O2. The molecule has 1 saturated carbocycles. The van der Waals surface area contributed by atoms with Gasteiger partial charge >= 0.3 is 0 Å². The molecule has 2 heteroatoms. The van der Waals surface area contributed by atoms with Crippen molar-refractivity contribution >= 4 is 0 Å². The van der Waals surface area contributed by atoms with E-state index >= 15 is 0 Å². The molecule has 1 aliphatic rings. The Bertz CT molecular complexity index is 329. The van der Waals surface area contributed by atoms with Crippen molar-refractivity contribution in [3.05, 3.63) is 29.3 Å². The van der Waals surface area contributed by atoms with Crippen LogP contribution in [-0.4, -0.2) is 11.7 Å². The fraction of sp³-hybridized carbons (Fsp3) is 0.538. The van der Waals surface area contributed by atoms with E-state index in [1.165, 1.54) is 18.4 Å². The maximum Gasteiger partial charge on any atom is 0.123 e. The Balaban J connectivity index is 2.26. The summed E-state index contributed by atoms with van der Waals surface area (Å²) in [6.45, 7) is 2.98. The molecule has 0 atom stereocenters. The van der Waals surface area contributed by atoms with Crippen molar-refractivity contribution in [1.29, 1.82) is 0 Å². The molecule has 0 aliphatic heterocycles. The first-order chi connectivity index (χ1) is 7.36. The number of ether oxygens (including phenoxy) is 1. The molecule has 1 fully saturated rings. The third kappa shape index (κ3) is 2.32. The first-order valence-electron chi connectivity index (χ1n) is 5.72. The van der Waals surface area contributed by atoms with Crippen LogP contribution in [0.25, 0.3) is 0 Å².